The summed E-state index contributed by atoms with van der Waals surface area (Å²) in [6.07, 6.45) is 1.36. The molecule has 0 saturated heterocycles. The summed E-state index contributed by atoms with van der Waals surface area (Å²) in [5.74, 6) is 0.256. The monoisotopic (exact) mass is 362 g/mol. The van der Waals surface area contributed by atoms with Crippen molar-refractivity contribution in [1.82, 2.24) is 10.2 Å². The lowest BCUT2D eigenvalue weighted by Gasteiger charge is -2.29. The molecule has 3 atom stereocenters. The SMILES string of the molecule is CCC(C(C)C)C(C)C(=O)NC(Cc1ccccc1)C(=O)N(C)CCO. The number of nitrogens with zero attached hydrogens (tertiary/aromatic N) is 1. The summed E-state index contributed by atoms with van der Waals surface area (Å²) in [6, 6.07) is 9.03. The minimum absolute atomic E-state index is 0.0859. The second-order valence-electron chi connectivity index (χ2n) is 7.34. The number of carbonyl (C=O) groups excluding carboxylic acids is 2. The Morgan fingerprint density at radius 2 is 1.77 bits per heavy atom. The van der Waals surface area contributed by atoms with Crippen molar-refractivity contribution >= 4 is 11.8 Å². The third-order valence-electron chi connectivity index (χ3n) is 5.09. The summed E-state index contributed by atoms with van der Waals surface area (Å²) >= 11 is 0. The van der Waals surface area contributed by atoms with Crippen molar-refractivity contribution < 1.29 is 14.7 Å². The number of likely N-dealkylation sites (N-methyl/N-ethyl adjacent to an activating group) is 1. The van der Waals surface area contributed by atoms with Crippen molar-refractivity contribution in [1.29, 1.82) is 0 Å². The van der Waals surface area contributed by atoms with Crippen molar-refractivity contribution in [3.05, 3.63) is 35.9 Å². The summed E-state index contributed by atoms with van der Waals surface area (Å²) in [6.45, 7) is 8.43. The van der Waals surface area contributed by atoms with Crippen LogP contribution in [0, 0.1) is 17.8 Å². The predicted molar refractivity (Wildman–Crippen MR) is 105 cm³/mol. The number of amides is 2. The van der Waals surface area contributed by atoms with Crippen LogP contribution in [0.15, 0.2) is 30.3 Å². The zero-order valence-corrected chi connectivity index (χ0v) is 16.7. The van der Waals surface area contributed by atoms with E-state index in [1.54, 1.807) is 7.05 Å². The highest BCUT2D eigenvalue weighted by atomic mass is 16.3. The number of nitrogens with one attached hydrogen (secondary N) is 1. The van der Waals surface area contributed by atoms with Crippen LogP contribution < -0.4 is 5.32 Å². The normalized spacial score (nSPS) is 14.6. The molecule has 0 bridgehead atoms. The van der Waals surface area contributed by atoms with Crippen LogP contribution in [-0.2, 0) is 16.0 Å². The van der Waals surface area contributed by atoms with Gasteiger partial charge in [-0.05, 0) is 17.4 Å². The topological polar surface area (TPSA) is 69.6 Å². The Hall–Kier alpha value is -1.88. The second kappa shape index (κ2) is 11.0. The molecule has 146 valence electrons. The molecule has 0 spiro atoms. The Bertz CT molecular complexity index is 560. The lowest BCUT2D eigenvalue weighted by Crippen LogP contribution is -2.51. The molecule has 1 aromatic rings. The van der Waals surface area contributed by atoms with E-state index in [0.717, 1.165) is 12.0 Å². The molecule has 1 aromatic carbocycles. The molecule has 0 fully saturated rings. The van der Waals surface area contributed by atoms with Gasteiger partial charge in [0.2, 0.25) is 11.8 Å². The maximum Gasteiger partial charge on any atom is 0.245 e. The van der Waals surface area contributed by atoms with Gasteiger partial charge in [-0.15, -0.1) is 0 Å². The van der Waals surface area contributed by atoms with Gasteiger partial charge >= 0.3 is 0 Å². The van der Waals surface area contributed by atoms with Gasteiger partial charge in [0.15, 0.2) is 0 Å². The number of hydrogen-bond acceptors (Lipinski definition) is 3. The quantitative estimate of drug-likeness (QED) is 0.672. The first-order chi connectivity index (χ1) is 12.3. The molecule has 5 heteroatoms. The average molecular weight is 363 g/mol. The van der Waals surface area contributed by atoms with Gasteiger partial charge < -0.3 is 15.3 Å². The molecule has 0 heterocycles. The van der Waals surface area contributed by atoms with Gasteiger partial charge in [0, 0.05) is 25.9 Å². The molecule has 0 radical (unpaired) electrons. The van der Waals surface area contributed by atoms with Gasteiger partial charge in [-0.1, -0.05) is 64.4 Å². The molecule has 0 saturated carbocycles. The van der Waals surface area contributed by atoms with E-state index in [4.69, 9.17) is 5.11 Å². The van der Waals surface area contributed by atoms with E-state index in [0.29, 0.717) is 12.3 Å². The summed E-state index contributed by atoms with van der Waals surface area (Å²) in [5.41, 5.74) is 0.993. The van der Waals surface area contributed by atoms with Crippen LogP contribution in [-0.4, -0.2) is 48.1 Å². The van der Waals surface area contributed by atoms with Crippen molar-refractivity contribution in [3.8, 4) is 0 Å². The molecule has 1 rings (SSSR count). The van der Waals surface area contributed by atoms with Crippen LogP contribution in [0.3, 0.4) is 0 Å². The third kappa shape index (κ3) is 6.45. The first-order valence-electron chi connectivity index (χ1n) is 9.51. The fourth-order valence-electron chi connectivity index (χ4n) is 3.48. The highest BCUT2D eigenvalue weighted by Gasteiger charge is 2.30. The largest absolute Gasteiger partial charge is 0.395 e. The second-order valence-corrected chi connectivity index (χ2v) is 7.34. The highest BCUT2D eigenvalue weighted by Crippen LogP contribution is 2.24. The van der Waals surface area contributed by atoms with Gasteiger partial charge in [0.25, 0.3) is 0 Å². The van der Waals surface area contributed by atoms with Gasteiger partial charge in [-0.3, -0.25) is 9.59 Å². The first-order valence-corrected chi connectivity index (χ1v) is 9.51. The number of hydrogen-bond donors (Lipinski definition) is 2. The predicted octanol–water partition coefficient (Wildman–Crippen LogP) is 2.48. The number of rotatable bonds is 10. The fraction of sp³-hybridized carbons (Fsp3) is 0.619. The maximum absolute atomic E-state index is 12.8. The van der Waals surface area contributed by atoms with E-state index < -0.39 is 6.04 Å². The Morgan fingerprint density at radius 1 is 1.15 bits per heavy atom. The summed E-state index contributed by atoms with van der Waals surface area (Å²) in [7, 11) is 1.65. The molecule has 0 aliphatic carbocycles. The zero-order chi connectivity index (χ0) is 19.7. The molecule has 0 aromatic heterocycles. The van der Waals surface area contributed by atoms with Gasteiger partial charge in [-0.25, -0.2) is 0 Å². The number of benzene rings is 1. The van der Waals surface area contributed by atoms with Crippen LogP contribution in [0.1, 0.15) is 39.7 Å². The van der Waals surface area contributed by atoms with Crippen LogP contribution in [0.25, 0.3) is 0 Å². The van der Waals surface area contributed by atoms with Gasteiger partial charge in [0.05, 0.1) is 6.61 Å². The minimum Gasteiger partial charge on any atom is -0.395 e. The summed E-state index contributed by atoms with van der Waals surface area (Å²) < 4.78 is 0. The number of aliphatic hydroxyl groups is 1. The Kier molecular flexibility index (Phi) is 9.35. The van der Waals surface area contributed by atoms with Crippen molar-refractivity contribution in [2.45, 2.75) is 46.6 Å². The van der Waals surface area contributed by atoms with Crippen LogP contribution >= 0.6 is 0 Å². The van der Waals surface area contributed by atoms with Gasteiger partial charge in [0.1, 0.15) is 6.04 Å². The molecule has 2 amide bonds. The molecule has 5 nitrogen and oxygen atoms in total. The summed E-state index contributed by atoms with van der Waals surface area (Å²) in [4.78, 5) is 27.0. The lowest BCUT2D eigenvalue weighted by atomic mass is 9.82. The highest BCUT2D eigenvalue weighted by molar-refractivity contribution is 5.88. The molecule has 0 aliphatic heterocycles. The third-order valence-corrected chi connectivity index (χ3v) is 5.09. The average Bonchev–Trinajstić information content (AvgIpc) is 2.61. The van der Waals surface area contributed by atoms with Gasteiger partial charge in [-0.2, -0.15) is 0 Å². The van der Waals surface area contributed by atoms with Crippen LogP contribution in [0.5, 0.6) is 0 Å². The van der Waals surface area contributed by atoms with E-state index in [-0.39, 0.29) is 36.8 Å². The van der Waals surface area contributed by atoms with Crippen molar-refractivity contribution in [2.24, 2.45) is 17.8 Å². The molecule has 26 heavy (non-hydrogen) atoms. The van der Waals surface area contributed by atoms with E-state index in [9.17, 15) is 9.59 Å². The van der Waals surface area contributed by atoms with E-state index in [1.165, 1.54) is 4.90 Å². The Balaban J connectivity index is 2.93. The molecule has 3 unspecified atom stereocenters. The lowest BCUT2D eigenvalue weighted by molar-refractivity contribution is -0.137. The van der Waals surface area contributed by atoms with Crippen molar-refractivity contribution in [3.63, 3.8) is 0 Å². The molecule has 2 N–H and O–H groups in total. The molecular weight excluding hydrogens is 328 g/mol. The van der Waals surface area contributed by atoms with E-state index in [2.05, 4.69) is 26.1 Å². The summed E-state index contributed by atoms with van der Waals surface area (Å²) in [5, 5.41) is 12.1. The fourth-order valence-corrected chi connectivity index (χ4v) is 3.48. The van der Waals surface area contributed by atoms with Crippen LogP contribution in [0.4, 0.5) is 0 Å². The Labute approximate surface area is 157 Å². The van der Waals surface area contributed by atoms with Crippen LogP contribution in [0.2, 0.25) is 0 Å². The zero-order valence-electron chi connectivity index (χ0n) is 16.7. The minimum atomic E-state index is -0.631. The van der Waals surface area contributed by atoms with E-state index >= 15 is 0 Å². The molecular formula is C21H34N2O3. The first kappa shape index (κ1) is 22.2. The Morgan fingerprint density at radius 3 is 2.27 bits per heavy atom. The standard InChI is InChI=1S/C21H34N2O3/c1-6-18(15(2)3)16(4)20(25)22-19(21(26)23(5)12-13-24)14-17-10-8-7-9-11-17/h7-11,15-16,18-19,24H,6,12-14H2,1-5H3,(H,22,25). The van der Waals surface area contributed by atoms with Crippen molar-refractivity contribution in [2.75, 3.05) is 20.2 Å². The number of aliphatic hydroxyl groups excluding tert-OH is 1. The smallest absolute Gasteiger partial charge is 0.245 e. The molecule has 0 aliphatic rings. The van der Waals surface area contributed by atoms with E-state index in [1.807, 2.05) is 37.3 Å². The number of carbonyl (C=O) groups is 2. The maximum atomic E-state index is 12.8.